The lowest BCUT2D eigenvalue weighted by molar-refractivity contribution is 0.0473. The summed E-state index contributed by atoms with van der Waals surface area (Å²) in [5, 5.41) is 12.7. The zero-order valence-corrected chi connectivity index (χ0v) is 17.0. The van der Waals surface area contributed by atoms with Crippen molar-refractivity contribution in [3.63, 3.8) is 0 Å². The Labute approximate surface area is 151 Å². The number of amides is 1. The van der Waals surface area contributed by atoms with Crippen molar-refractivity contribution in [3.8, 4) is 0 Å². The van der Waals surface area contributed by atoms with Gasteiger partial charge in [-0.15, -0.1) is 0 Å². The van der Waals surface area contributed by atoms with E-state index < -0.39 is 21.5 Å². The van der Waals surface area contributed by atoms with Crippen LogP contribution in [0.5, 0.6) is 0 Å². The van der Waals surface area contributed by atoms with Gasteiger partial charge in [0.15, 0.2) is 0 Å². The third-order valence-corrected chi connectivity index (χ3v) is 7.05. The molecule has 0 heterocycles. The number of nitrogens with zero attached hydrogens (tertiary/aromatic N) is 1. The number of carbonyl (C=O) groups is 1. The van der Waals surface area contributed by atoms with Gasteiger partial charge in [-0.05, 0) is 50.5 Å². The van der Waals surface area contributed by atoms with Crippen LogP contribution in [0.3, 0.4) is 0 Å². The molecule has 0 radical (unpaired) electrons. The number of aliphatic hydroxyl groups is 1. The van der Waals surface area contributed by atoms with Crippen molar-refractivity contribution in [1.82, 2.24) is 9.62 Å². The second kappa shape index (κ2) is 7.85. The highest BCUT2D eigenvalue weighted by Gasteiger charge is 2.29. The zero-order valence-electron chi connectivity index (χ0n) is 16.2. The first kappa shape index (κ1) is 21.6. The Balaban J connectivity index is 3.19. The van der Waals surface area contributed by atoms with E-state index in [1.807, 2.05) is 13.8 Å². The van der Waals surface area contributed by atoms with Gasteiger partial charge in [0, 0.05) is 31.6 Å². The number of benzene rings is 1. The summed E-state index contributed by atoms with van der Waals surface area (Å²) in [4.78, 5) is 12.7. The highest BCUT2D eigenvalue weighted by atomic mass is 32.2. The van der Waals surface area contributed by atoms with Gasteiger partial charge in [-0.2, -0.15) is 0 Å². The molecular weight excluding hydrogens is 340 g/mol. The van der Waals surface area contributed by atoms with Gasteiger partial charge in [0.25, 0.3) is 5.91 Å². The van der Waals surface area contributed by atoms with E-state index in [0.717, 1.165) is 9.87 Å². The summed E-state index contributed by atoms with van der Waals surface area (Å²) in [6.45, 7) is 9.38. The van der Waals surface area contributed by atoms with E-state index in [9.17, 15) is 18.3 Å². The maximum atomic E-state index is 12.5. The number of aryl methyl sites for hydroxylation is 1. The fraction of sp³-hybridized carbons (Fsp3) is 0.611. The molecule has 25 heavy (non-hydrogen) atoms. The van der Waals surface area contributed by atoms with Crippen LogP contribution in [-0.4, -0.2) is 50.5 Å². The fourth-order valence-electron chi connectivity index (χ4n) is 2.38. The molecule has 0 aromatic heterocycles. The first-order valence-electron chi connectivity index (χ1n) is 8.37. The number of aliphatic hydroxyl groups excluding tert-OH is 1. The maximum Gasteiger partial charge on any atom is 0.251 e. The molecule has 7 heteroatoms. The molecule has 2 atom stereocenters. The summed E-state index contributed by atoms with van der Waals surface area (Å²) in [5.74, 6) is -0.348. The Morgan fingerprint density at radius 2 is 1.88 bits per heavy atom. The average Bonchev–Trinajstić information content (AvgIpc) is 2.53. The van der Waals surface area contributed by atoms with Crippen molar-refractivity contribution in [2.75, 3.05) is 20.6 Å². The highest BCUT2D eigenvalue weighted by Crippen LogP contribution is 2.26. The van der Waals surface area contributed by atoms with Crippen molar-refractivity contribution in [2.24, 2.45) is 5.41 Å². The van der Waals surface area contributed by atoms with Crippen molar-refractivity contribution in [3.05, 3.63) is 28.8 Å². The topological polar surface area (TPSA) is 86.7 Å². The van der Waals surface area contributed by atoms with E-state index in [1.54, 1.807) is 26.8 Å². The van der Waals surface area contributed by atoms with Crippen LogP contribution in [0.1, 0.15) is 48.7 Å². The molecule has 0 fully saturated rings. The van der Waals surface area contributed by atoms with Gasteiger partial charge in [0.1, 0.15) is 0 Å². The number of carbonyl (C=O) groups excluding carboxylic acids is 1. The summed E-state index contributed by atoms with van der Waals surface area (Å²) in [7, 11) is -0.705. The van der Waals surface area contributed by atoms with E-state index in [2.05, 4.69) is 5.32 Å². The SMILES string of the molecule is CCC(C)(CNC(=O)c1cc(C)c(C)c(S(=O)(=O)N(C)C)c1)C(C)O. The van der Waals surface area contributed by atoms with Crippen LogP contribution in [0.4, 0.5) is 0 Å². The minimum Gasteiger partial charge on any atom is -0.393 e. The van der Waals surface area contributed by atoms with Gasteiger partial charge in [-0.25, -0.2) is 12.7 Å². The van der Waals surface area contributed by atoms with E-state index in [4.69, 9.17) is 0 Å². The lowest BCUT2D eigenvalue weighted by Crippen LogP contribution is -2.42. The number of hydrogen-bond donors (Lipinski definition) is 2. The molecule has 1 aromatic rings. The van der Waals surface area contributed by atoms with Gasteiger partial charge in [-0.3, -0.25) is 4.79 Å². The molecule has 0 aliphatic heterocycles. The lowest BCUT2D eigenvalue weighted by Gasteiger charge is -2.31. The van der Waals surface area contributed by atoms with Crippen molar-refractivity contribution < 1.29 is 18.3 Å². The summed E-state index contributed by atoms with van der Waals surface area (Å²) in [6.07, 6.45) is 0.139. The normalized spacial score (nSPS) is 15.7. The molecule has 0 bridgehead atoms. The Morgan fingerprint density at radius 1 is 1.32 bits per heavy atom. The van der Waals surface area contributed by atoms with Crippen molar-refractivity contribution >= 4 is 15.9 Å². The second-order valence-corrected chi connectivity index (χ2v) is 9.19. The summed E-state index contributed by atoms with van der Waals surface area (Å²) < 4.78 is 26.1. The standard InChI is InChI=1S/C18H30N2O4S/c1-8-18(5,14(4)21)11-19-17(22)15-9-12(2)13(3)16(10-15)25(23,24)20(6)7/h9-10,14,21H,8,11H2,1-7H3,(H,19,22). The molecule has 0 aliphatic carbocycles. The molecular formula is C18H30N2O4S. The molecule has 1 rings (SSSR count). The van der Waals surface area contributed by atoms with Gasteiger partial charge in [0.05, 0.1) is 11.0 Å². The molecule has 1 aromatic carbocycles. The largest absolute Gasteiger partial charge is 0.393 e. The molecule has 2 N–H and O–H groups in total. The smallest absolute Gasteiger partial charge is 0.251 e. The van der Waals surface area contributed by atoms with Gasteiger partial charge < -0.3 is 10.4 Å². The van der Waals surface area contributed by atoms with E-state index in [1.165, 1.54) is 20.2 Å². The molecule has 2 unspecified atom stereocenters. The van der Waals surface area contributed by atoms with Gasteiger partial charge in [0.2, 0.25) is 10.0 Å². The first-order valence-corrected chi connectivity index (χ1v) is 9.81. The molecule has 6 nitrogen and oxygen atoms in total. The molecule has 1 amide bonds. The van der Waals surface area contributed by atoms with E-state index in [-0.39, 0.29) is 10.8 Å². The molecule has 0 saturated heterocycles. The fourth-order valence-corrected chi connectivity index (χ4v) is 3.59. The molecule has 0 aliphatic rings. The number of rotatable bonds is 7. The summed E-state index contributed by atoms with van der Waals surface area (Å²) in [5.41, 5.74) is 1.23. The lowest BCUT2D eigenvalue weighted by atomic mass is 9.82. The Kier molecular flexibility index (Phi) is 6.78. The van der Waals surface area contributed by atoms with Crippen LogP contribution in [0.15, 0.2) is 17.0 Å². The number of hydrogen-bond acceptors (Lipinski definition) is 4. The first-order chi connectivity index (χ1) is 11.4. The zero-order chi connectivity index (χ0) is 19.6. The van der Waals surface area contributed by atoms with Gasteiger partial charge >= 0.3 is 0 Å². The van der Waals surface area contributed by atoms with Crippen molar-refractivity contribution in [1.29, 1.82) is 0 Å². The minimum absolute atomic E-state index is 0.136. The van der Waals surface area contributed by atoms with E-state index >= 15 is 0 Å². The Morgan fingerprint density at radius 3 is 2.32 bits per heavy atom. The van der Waals surface area contributed by atoms with Crippen LogP contribution in [-0.2, 0) is 10.0 Å². The predicted molar refractivity (Wildman–Crippen MR) is 99.2 cm³/mol. The monoisotopic (exact) mass is 370 g/mol. The van der Waals surface area contributed by atoms with Crippen LogP contribution >= 0.6 is 0 Å². The summed E-state index contributed by atoms with van der Waals surface area (Å²) in [6, 6.07) is 3.10. The summed E-state index contributed by atoms with van der Waals surface area (Å²) >= 11 is 0. The third-order valence-electron chi connectivity index (χ3n) is 5.11. The molecule has 142 valence electrons. The molecule has 0 saturated carbocycles. The van der Waals surface area contributed by atoms with Crippen LogP contribution < -0.4 is 5.32 Å². The number of sulfonamides is 1. The van der Waals surface area contributed by atoms with Crippen LogP contribution in [0.25, 0.3) is 0 Å². The number of nitrogens with one attached hydrogen (secondary N) is 1. The second-order valence-electron chi connectivity index (χ2n) is 7.07. The maximum absolute atomic E-state index is 12.5. The quantitative estimate of drug-likeness (QED) is 0.769. The Hall–Kier alpha value is -1.44. The van der Waals surface area contributed by atoms with Gasteiger partial charge in [-0.1, -0.05) is 13.8 Å². The van der Waals surface area contributed by atoms with Crippen LogP contribution in [0, 0.1) is 19.3 Å². The Bertz CT molecular complexity index is 742. The average molecular weight is 371 g/mol. The third kappa shape index (κ3) is 4.59. The molecule has 0 spiro atoms. The van der Waals surface area contributed by atoms with Crippen LogP contribution in [0.2, 0.25) is 0 Å². The highest BCUT2D eigenvalue weighted by molar-refractivity contribution is 7.89. The predicted octanol–water partition coefficient (Wildman–Crippen LogP) is 2.08. The minimum atomic E-state index is -3.63. The van der Waals surface area contributed by atoms with E-state index in [0.29, 0.717) is 24.1 Å². The van der Waals surface area contributed by atoms with Crippen molar-refractivity contribution in [2.45, 2.75) is 52.0 Å².